The topological polar surface area (TPSA) is 46.2 Å². The number of hydrogen-bond acceptors (Lipinski definition) is 3. The van der Waals surface area contributed by atoms with Crippen LogP contribution in [0, 0.1) is 5.82 Å². The van der Waals surface area contributed by atoms with E-state index in [1.165, 1.54) is 18.4 Å². The lowest BCUT2D eigenvalue weighted by molar-refractivity contribution is 0.504. The minimum atomic E-state index is -2.95. The summed E-state index contributed by atoms with van der Waals surface area (Å²) in [5.74, 6) is -0.106. The Bertz CT molecular complexity index is 474. The molecule has 0 aliphatic carbocycles. The van der Waals surface area contributed by atoms with Crippen molar-refractivity contribution in [1.82, 2.24) is 5.32 Å². The highest BCUT2D eigenvalue weighted by atomic mass is 32.2. The lowest BCUT2D eigenvalue weighted by Crippen LogP contribution is -2.32. The van der Waals surface area contributed by atoms with Crippen LogP contribution in [0.3, 0.4) is 0 Å². The van der Waals surface area contributed by atoms with Gasteiger partial charge in [0.2, 0.25) is 0 Å². The summed E-state index contributed by atoms with van der Waals surface area (Å²) in [6.07, 6.45) is 2.42. The molecular formula is C13H20FNO2S. The number of hydrogen-bond donors (Lipinski definition) is 1. The first-order chi connectivity index (χ1) is 8.40. The molecule has 0 radical (unpaired) electrons. The van der Waals surface area contributed by atoms with Gasteiger partial charge in [-0.05, 0) is 37.1 Å². The van der Waals surface area contributed by atoms with Crippen LogP contribution in [0.15, 0.2) is 24.3 Å². The Hall–Kier alpha value is -0.940. The Labute approximate surface area is 108 Å². The van der Waals surface area contributed by atoms with E-state index in [1.807, 2.05) is 13.0 Å². The smallest absolute Gasteiger partial charge is 0.147 e. The van der Waals surface area contributed by atoms with Gasteiger partial charge in [-0.2, -0.15) is 0 Å². The number of halogens is 1. The molecule has 1 N–H and O–H groups in total. The summed E-state index contributed by atoms with van der Waals surface area (Å²) in [4.78, 5) is 0. The van der Waals surface area contributed by atoms with E-state index in [0.29, 0.717) is 12.8 Å². The molecule has 1 aromatic rings. The van der Waals surface area contributed by atoms with Crippen molar-refractivity contribution in [3.8, 4) is 0 Å². The highest BCUT2D eigenvalue weighted by molar-refractivity contribution is 7.90. The van der Waals surface area contributed by atoms with E-state index in [1.54, 1.807) is 6.07 Å². The fourth-order valence-corrected chi connectivity index (χ4v) is 2.58. The van der Waals surface area contributed by atoms with E-state index < -0.39 is 9.84 Å². The van der Waals surface area contributed by atoms with Gasteiger partial charge in [-0.3, -0.25) is 0 Å². The zero-order chi connectivity index (χ0) is 13.6. The second-order valence-corrected chi connectivity index (χ2v) is 6.77. The van der Waals surface area contributed by atoms with Gasteiger partial charge < -0.3 is 5.32 Å². The van der Waals surface area contributed by atoms with Crippen LogP contribution in [0.4, 0.5) is 4.39 Å². The van der Waals surface area contributed by atoms with E-state index in [2.05, 4.69) is 5.32 Å². The number of sulfone groups is 1. The van der Waals surface area contributed by atoms with Gasteiger partial charge in [0.05, 0.1) is 5.75 Å². The molecule has 0 aliphatic heterocycles. The van der Waals surface area contributed by atoms with Gasteiger partial charge >= 0.3 is 0 Å². The van der Waals surface area contributed by atoms with Crippen LogP contribution >= 0.6 is 0 Å². The van der Waals surface area contributed by atoms with Crippen molar-refractivity contribution in [2.75, 3.05) is 18.6 Å². The summed E-state index contributed by atoms with van der Waals surface area (Å²) in [7, 11) is -2.95. The summed E-state index contributed by atoms with van der Waals surface area (Å²) in [5, 5.41) is 3.24. The van der Waals surface area contributed by atoms with Crippen molar-refractivity contribution in [2.24, 2.45) is 0 Å². The van der Waals surface area contributed by atoms with Crippen molar-refractivity contribution in [3.63, 3.8) is 0 Å². The van der Waals surface area contributed by atoms with Crippen LogP contribution in [-0.4, -0.2) is 33.0 Å². The zero-order valence-electron chi connectivity index (χ0n) is 10.8. The van der Waals surface area contributed by atoms with Crippen LogP contribution in [0.1, 0.15) is 18.9 Å². The molecule has 1 aromatic carbocycles. The quantitative estimate of drug-likeness (QED) is 0.823. The van der Waals surface area contributed by atoms with E-state index in [4.69, 9.17) is 0 Å². The molecule has 1 rings (SSSR count). The van der Waals surface area contributed by atoms with Crippen molar-refractivity contribution >= 4 is 9.84 Å². The molecule has 18 heavy (non-hydrogen) atoms. The van der Waals surface area contributed by atoms with Gasteiger partial charge in [0.25, 0.3) is 0 Å². The molecule has 3 nitrogen and oxygen atoms in total. The fraction of sp³-hybridized carbons (Fsp3) is 0.538. The summed E-state index contributed by atoms with van der Waals surface area (Å²) in [6.45, 7) is 2.74. The first kappa shape index (κ1) is 15.1. The molecule has 0 saturated carbocycles. The van der Waals surface area contributed by atoms with E-state index in [0.717, 1.165) is 12.1 Å². The molecule has 0 amide bonds. The number of likely N-dealkylation sites (N-methyl/N-ethyl adjacent to an activating group) is 1. The molecule has 0 fully saturated rings. The van der Waals surface area contributed by atoms with Gasteiger partial charge in [0.15, 0.2) is 0 Å². The molecule has 0 aromatic heterocycles. The van der Waals surface area contributed by atoms with E-state index in [-0.39, 0.29) is 17.6 Å². The van der Waals surface area contributed by atoms with Crippen LogP contribution in [0.5, 0.6) is 0 Å². The van der Waals surface area contributed by atoms with Crippen molar-refractivity contribution in [3.05, 3.63) is 35.6 Å². The average Bonchev–Trinajstić information content (AvgIpc) is 2.25. The predicted octanol–water partition coefficient (Wildman–Crippen LogP) is 1.78. The molecule has 0 aliphatic rings. The molecule has 0 heterocycles. The van der Waals surface area contributed by atoms with Crippen molar-refractivity contribution in [1.29, 1.82) is 0 Å². The normalized spacial score (nSPS) is 13.5. The summed E-state index contributed by atoms with van der Waals surface area (Å²) < 4.78 is 35.4. The Morgan fingerprint density at radius 2 is 2.11 bits per heavy atom. The van der Waals surface area contributed by atoms with Crippen LogP contribution in [0.25, 0.3) is 0 Å². The summed E-state index contributed by atoms with van der Waals surface area (Å²) in [6, 6.07) is 6.48. The van der Waals surface area contributed by atoms with Gasteiger partial charge in [-0.1, -0.05) is 19.1 Å². The number of rotatable bonds is 7. The second kappa shape index (κ2) is 6.85. The van der Waals surface area contributed by atoms with E-state index in [9.17, 15) is 12.8 Å². The maximum atomic E-state index is 13.1. The number of benzene rings is 1. The molecule has 102 valence electrons. The Kier molecular flexibility index (Phi) is 5.75. The lowest BCUT2D eigenvalue weighted by Gasteiger charge is -2.17. The SMILES string of the molecule is CCNC(CCS(C)(=O)=O)Cc1cccc(F)c1. The second-order valence-electron chi connectivity index (χ2n) is 4.51. The monoisotopic (exact) mass is 273 g/mol. The fourth-order valence-electron chi connectivity index (χ4n) is 1.87. The average molecular weight is 273 g/mol. The lowest BCUT2D eigenvalue weighted by atomic mass is 10.0. The minimum Gasteiger partial charge on any atom is -0.314 e. The molecule has 1 unspecified atom stereocenters. The third-order valence-electron chi connectivity index (χ3n) is 2.70. The highest BCUT2D eigenvalue weighted by Gasteiger charge is 2.12. The first-order valence-corrected chi connectivity index (χ1v) is 8.12. The highest BCUT2D eigenvalue weighted by Crippen LogP contribution is 2.09. The first-order valence-electron chi connectivity index (χ1n) is 6.06. The maximum Gasteiger partial charge on any atom is 0.147 e. The van der Waals surface area contributed by atoms with Crippen LogP contribution < -0.4 is 5.32 Å². The molecule has 0 bridgehead atoms. The third kappa shape index (κ3) is 6.12. The minimum absolute atomic E-state index is 0.0616. The molecule has 5 heteroatoms. The summed E-state index contributed by atoms with van der Waals surface area (Å²) in [5.41, 5.74) is 0.884. The third-order valence-corrected chi connectivity index (χ3v) is 3.68. The van der Waals surface area contributed by atoms with Crippen molar-refractivity contribution < 1.29 is 12.8 Å². The van der Waals surface area contributed by atoms with Gasteiger partial charge in [0, 0.05) is 12.3 Å². The Morgan fingerprint density at radius 1 is 1.39 bits per heavy atom. The Balaban J connectivity index is 2.62. The molecule has 0 saturated heterocycles. The van der Waals surface area contributed by atoms with Crippen LogP contribution in [-0.2, 0) is 16.3 Å². The van der Waals surface area contributed by atoms with Crippen LogP contribution in [0.2, 0.25) is 0 Å². The van der Waals surface area contributed by atoms with Crippen molar-refractivity contribution in [2.45, 2.75) is 25.8 Å². The van der Waals surface area contributed by atoms with Gasteiger partial charge in [0.1, 0.15) is 15.7 Å². The zero-order valence-corrected chi connectivity index (χ0v) is 11.6. The maximum absolute atomic E-state index is 13.1. The Morgan fingerprint density at radius 3 is 2.67 bits per heavy atom. The summed E-state index contributed by atoms with van der Waals surface area (Å²) >= 11 is 0. The molecule has 0 spiro atoms. The van der Waals surface area contributed by atoms with Gasteiger partial charge in [-0.15, -0.1) is 0 Å². The number of nitrogens with one attached hydrogen (secondary N) is 1. The predicted molar refractivity (Wildman–Crippen MR) is 71.9 cm³/mol. The standard InChI is InChI=1S/C13H20FNO2S/c1-3-15-13(7-8-18(2,16)17)10-11-5-4-6-12(14)9-11/h4-6,9,13,15H,3,7-8,10H2,1-2H3. The molecular weight excluding hydrogens is 253 g/mol. The van der Waals surface area contributed by atoms with Gasteiger partial charge in [-0.25, -0.2) is 12.8 Å². The largest absolute Gasteiger partial charge is 0.314 e. The molecule has 1 atom stereocenters. The van der Waals surface area contributed by atoms with E-state index >= 15 is 0 Å².